The molecule has 0 saturated heterocycles. The number of hydrogen-bond acceptors (Lipinski definition) is 3. The number of aromatic nitrogens is 3. The zero-order valence-corrected chi connectivity index (χ0v) is 11.0. The Morgan fingerprint density at radius 2 is 2.31 bits per heavy atom. The highest BCUT2D eigenvalue weighted by Gasteiger charge is 2.11. The van der Waals surface area contributed by atoms with Gasteiger partial charge in [0.1, 0.15) is 0 Å². The van der Waals surface area contributed by atoms with E-state index in [1.54, 1.807) is 17.7 Å². The number of allylic oxidation sites excluding steroid dienone is 4. The third-order valence-corrected chi connectivity index (χ3v) is 2.67. The minimum absolute atomic E-state index is 0.324. The fraction of sp³-hybridized carbons (Fsp3) is 0.100. The molecule has 0 spiro atoms. The first kappa shape index (κ1) is 12.6. The molecule has 16 heavy (non-hydrogen) atoms. The first-order chi connectivity index (χ1) is 7.47. The molecular weight excluding hydrogens is 288 g/mol. The standard InChI is InChI=1S/C10H9BrN4S/c1-6(5-12)4-8(7(2)11)9-13-14-10(16)15(9)3/h4H,1-2H2,3H3,(H,14,16)/b8-4+. The smallest absolute Gasteiger partial charge is 0.195 e. The maximum absolute atomic E-state index is 8.69. The number of rotatable bonds is 3. The number of nitrogens with one attached hydrogen (secondary N) is 1. The van der Waals surface area contributed by atoms with Gasteiger partial charge in [-0.1, -0.05) is 29.1 Å². The van der Waals surface area contributed by atoms with Crippen molar-refractivity contribution in [3.63, 3.8) is 0 Å². The summed E-state index contributed by atoms with van der Waals surface area (Å²) in [5.74, 6) is 0.600. The highest BCUT2D eigenvalue weighted by Crippen LogP contribution is 2.25. The summed E-state index contributed by atoms with van der Waals surface area (Å²) in [6, 6.07) is 1.94. The third kappa shape index (κ3) is 2.56. The van der Waals surface area contributed by atoms with Crippen molar-refractivity contribution < 1.29 is 0 Å². The van der Waals surface area contributed by atoms with Crippen molar-refractivity contribution in [1.82, 2.24) is 14.8 Å². The van der Waals surface area contributed by atoms with Gasteiger partial charge in [-0.05, 0) is 18.3 Å². The highest BCUT2D eigenvalue weighted by molar-refractivity contribution is 9.12. The molecule has 4 nitrogen and oxygen atoms in total. The normalized spacial score (nSPS) is 10.9. The Balaban J connectivity index is 3.36. The SMILES string of the molecule is C=C(C#N)/C=C(\C(=C)Br)c1n[nH]c(=S)n1C. The molecule has 1 heterocycles. The lowest BCUT2D eigenvalue weighted by molar-refractivity contribution is 0.876. The molecule has 0 fully saturated rings. The molecular formula is C10H9BrN4S. The van der Waals surface area contributed by atoms with E-state index in [1.807, 2.05) is 6.07 Å². The zero-order chi connectivity index (χ0) is 12.3. The van der Waals surface area contributed by atoms with Crippen LogP contribution in [0.3, 0.4) is 0 Å². The third-order valence-electron chi connectivity index (χ3n) is 1.88. The van der Waals surface area contributed by atoms with E-state index in [0.717, 1.165) is 0 Å². The second kappa shape index (κ2) is 5.05. The molecule has 1 aromatic rings. The van der Waals surface area contributed by atoms with Crippen LogP contribution in [0.15, 0.2) is 29.3 Å². The minimum Gasteiger partial charge on any atom is -0.303 e. The summed E-state index contributed by atoms with van der Waals surface area (Å²) in [5.41, 5.74) is 0.992. The van der Waals surface area contributed by atoms with Gasteiger partial charge in [0.25, 0.3) is 0 Å². The van der Waals surface area contributed by atoms with Crippen molar-refractivity contribution in [2.45, 2.75) is 0 Å². The van der Waals surface area contributed by atoms with Crippen molar-refractivity contribution >= 4 is 33.7 Å². The number of hydrogen-bond donors (Lipinski definition) is 1. The molecule has 0 aliphatic carbocycles. The second-order valence-electron chi connectivity index (χ2n) is 3.01. The van der Waals surface area contributed by atoms with Crippen LogP contribution in [0.1, 0.15) is 5.82 Å². The summed E-state index contributed by atoms with van der Waals surface area (Å²) in [5, 5.41) is 15.4. The largest absolute Gasteiger partial charge is 0.303 e. The van der Waals surface area contributed by atoms with Gasteiger partial charge in [-0.3, -0.25) is 5.10 Å². The Labute approximate surface area is 107 Å². The lowest BCUT2D eigenvalue weighted by Gasteiger charge is -2.04. The lowest BCUT2D eigenvalue weighted by atomic mass is 10.1. The molecule has 1 N–H and O–H groups in total. The molecule has 0 saturated carbocycles. The van der Waals surface area contributed by atoms with E-state index in [1.165, 1.54) is 0 Å². The van der Waals surface area contributed by atoms with Crippen LogP contribution in [0.5, 0.6) is 0 Å². The average molecular weight is 297 g/mol. The van der Waals surface area contributed by atoms with Crippen LogP contribution >= 0.6 is 28.1 Å². The molecule has 1 rings (SSSR count). The highest BCUT2D eigenvalue weighted by atomic mass is 79.9. The van der Waals surface area contributed by atoms with Crippen LogP contribution < -0.4 is 0 Å². The molecule has 0 aromatic carbocycles. The van der Waals surface area contributed by atoms with Crippen LogP contribution in [0.25, 0.3) is 5.57 Å². The summed E-state index contributed by atoms with van der Waals surface area (Å²) < 4.78 is 2.80. The number of H-pyrrole nitrogens is 1. The van der Waals surface area contributed by atoms with E-state index in [-0.39, 0.29) is 0 Å². The summed E-state index contributed by atoms with van der Waals surface area (Å²) >= 11 is 8.27. The zero-order valence-electron chi connectivity index (χ0n) is 8.62. The molecule has 0 atom stereocenters. The second-order valence-corrected chi connectivity index (χ2v) is 4.36. The van der Waals surface area contributed by atoms with Gasteiger partial charge < -0.3 is 4.57 Å². The Hall–Kier alpha value is -1.45. The number of nitriles is 1. The van der Waals surface area contributed by atoms with E-state index in [4.69, 9.17) is 17.5 Å². The van der Waals surface area contributed by atoms with E-state index >= 15 is 0 Å². The van der Waals surface area contributed by atoms with E-state index in [9.17, 15) is 0 Å². The number of aromatic amines is 1. The average Bonchev–Trinajstić information content (AvgIpc) is 2.56. The summed E-state index contributed by atoms with van der Waals surface area (Å²) in [4.78, 5) is 0. The van der Waals surface area contributed by atoms with Crippen molar-refractivity contribution in [3.05, 3.63) is 39.9 Å². The van der Waals surface area contributed by atoms with Gasteiger partial charge in [0.2, 0.25) is 0 Å². The van der Waals surface area contributed by atoms with Crippen LogP contribution in [0.2, 0.25) is 0 Å². The Kier molecular flexibility index (Phi) is 3.99. The van der Waals surface area contributed by atoms with Gasteiger partial charge in [-0.2, -0.15) is 10.4 Å². The van der Waals surface area contributed by atoms with E-state index < -0.39 is 0 Å². The predicted molar refractivity (Wildman–Crippen MR) is 69.2 cm³/mol. The summed E-state index contributed by atoms with van der Waals surface area (Å²) in [6.45, 7) is 7.35. The molecule has 1 aromatic heterocycles. The number of halogens is 1. The van der Waals surface area contributed by atoms with Crippen LogP contribution in [0, 0.1) is 16.1 Å². The first-order valence-corrected chi connectivity index (χ1v) is 5.44. The Bertz CT molecular complexity index is 570. The van der Waals surface area contributed by atoms with Gasteiger partial charge in [0.05, 0.1) is 6.07 Å². The molecule has 0 unspecified atom stereocenters. The van der Waals surface area contributed by atoms with Crippen molar-refractivity contribution in [3.8, 4) is 6.07 Å². The maximum atomic E-state index is 8.69. The summed E-state index contributed by atoms with van der Waals surface area (Å²) in [6.07, 6.45) is 1.60. The van der Waals surface area contributed by atoms with E-state index in [0.29, 0.717) is 26.2 Å². The molecule has 0 radical (unpaired) electrons. The minimum atomic E-state index is 0.324. The number of nitrogens with zero attached hydrogens (tertiary/aromatic N) is 3. The van der Waals surface area contributed by atoms with Gasteiger partial charge in [-0.15, -0.1) is 0 Å². The van der Waals surface area contributed by atoms with Crippen LogP contribution in [-0.4, -0.2) is 14.8 Å². The van der Waals surface area contributed by atoms with Gasteiger partial charge in [0.15, 0.2) is 10.6 Å². The Morgan fingerprint density at radius 3 is 2.69 bits per heavy atom. The molecule has 0 aliphatic rings. The Morgan fingerprint density at radius 1 is 1.69 bits per heavy atom. The fourth-order valence-corrected chi connectivity index (χ4v) is 1.48. The topological polar surface area (TPSA) is 57.4 Å². The van der Waals surface area contributed by atoms with Crippen molar-refractivity contribution in [1.29, 1.82) is 5.26 Å². The molecule has 6 heteroatoms. The monoisotopic (exact) mass is 296 g/mol. The van der Waals surface area contributed by atoms with Gasteiger partial charge >= 0.3 is 0 Å². The van der Waals surface area contributed by atoms with Crippen LogP contribution in [0.4, 0.5) is 0 Å². The quantitative estimate of drug-likeness (QED) is 0.530. The lowest BCUT2D eigenvalue weighted by Crippen LogP contribution is -1.97. The van der Waals surface area contributed by atoms with Crippen molar-refractivity contribution in [2.24, 2.45) is 7.05 Å². The molecule has 82 valence electrons. The molecule has 0 amide bonds. The maximum Gasteiger partial charge on any atom is 0.195 e. The fourth-order valence-electron chi connectivity index (χ4n) is 1.06. The first-order valence-electron chi connectivity index (χ1n) is 4.24. The van der Waals surface area contributed by atoms with E-state index in [2.05, 4.69) is 39.3 Å². The van der Waals surface area contributed by atoms with Gasteiger partial charge in [-0.25, -0.2) is 0 Å². The summed E-state index contributed by atoms with van der Waals surface area (Å²) in [7, 11) is 1.78. The molecule has 0 bridgehead atoms. The van der Waals surface area contributed by atoms with Crippen molar-refractivity contribution in [2.75, 3.05) is 0 Å². The van der Waals surface area contributed by atoms with Crippen LogP contribution in [-0.2, 0) is 7.05 Å². The molecule has 0 aliphatic heterocycles. The predicted octanol–water partition coefficient (Wildman–Crippen LogP) is 2.85. The van der Waals surface area contributed by atoms with Gasteiger partial charge in [0, 0.05) is 22.7 Å².